The van der Waals surface area contributed by atoms with Gasteiger partial charge < -0.3 is 10.1 Å². The van der Waals surface area contributed by atoms with Crippen LogP contribution in [0.15, 0.2) is 0 Å². The van der Waals surface area contributed by atoms with Crippen LogP contribution in [0.25, 0.3) is 0 Å². The zero-order valence-corrected chi connectivity index (χ0v) is 10.9. The van der Waals surface area contributed by atoms with Crippen molar-refractivity contribution < 1.29 is 9.53 Å². The van der Waals surface area contributed by atoms with Gasteiger partial charge >= 0.3 is 6.09 Å². The zero-order chi connectivity index (χ0) is 13.0. The number of carbonyl (C=O) groups excluding carboxylic acids is 1. The number of nitrogens with zero attached hydrogens (tertiary/aromatic N) is 2. The molecule has 3 atom stereocenters. The summed E-state index contributed by atoms with van der Waals surface area (Å²) in [4.78, 5) is 13.5. The molecule has 0 aromatic rings. The highest BCUT2D eigenvalue weighted by atomic mass is 16.5. The lowest BCUT2D eigenvalue weighted by molar-refractivity contribution is 0.148. The van der Waals surface area contributed by atoms with Gasteiger partial charge in [0.1, 0.15) is 0 Å². The quantitative estimate of drug-likeness (QED) is 0.807. The molecule has 0 aromatic carbocycles. The number of rotatable bonds is 2. The summed E-state index contributed by atoms with van der Waals surface area (Å²) in [7, 11) is 1.38. The van der Waals surface area contributed by atoms with Gasteiger partial charge in [0.2, 0.25) is 0 Å². The highest BCUT2D eigenvalue weighted by molar-refractivity contribution is 5.67. The lowest BCUT2D eigenvalue weighted by atomic mass is 9.84. The molecule has 0 spiro atoms. The van der Waals surface area contributed by atoms with E-state index in [1.165, 1.54) is 20.0 Å². The van der Waals surface area contributed by atoms with Crippen molar-refractivity contribution in [2.75, 3.05) is 20.2 Å². The number of likely N-dealkylation sites (tertiary alicyclic amines) is 1. The van der Waals surface area contributed by atoms with Gasteiger partial charge in [0.15, 0.2) is 0 Å². The predicted molar refractivity (Wildman–Crippen MR) is 66.9 cm³/mol. The molecule has 1 heterocycles. The molecule has 0 radical (unpaired) electrons. The molecule has 0 aromatic heterocycles. The Morgan fingerprint density at radius 1 is 1.39 bits per heavy atom. The summed E-state index contributed by atoms with van der Waals surface area (Å²) >= 11 is 0. The summed E-state index contributed by atoms with van der Waals surface area (Å²) < 4.78 is 4.61. The second kappa shape index (κ2) is 6.05. The van der Waals surface area contributed by atoms with E-state index in [0.717, 1.165) is 32.4 Å². The van der Waals surface area contributed by atoms with Gasteiger partial charge in [0.25, 0.3) is 0 Å². The Labute approximate surface area is 108 Å². The molecule has 100 valence electrons. The van der Waals surface area contributed by atoms with Gasteiger partial charge in [-0.3, -0.25) is 4.90 Å². The SMILES string of the molecule is COC(=O)NC1CCN(C2CCCCC2C#N)C1. The smallest absolute Gasteiger partial charge is 0.407 e. The Morgan fingerprint density at radius 3 is 2.89 bits per heavy atom. The minimum Gasteiger partial charge on any atom is -0.453 e. The summed E-state index contributed by atoms with van der Waals surface area (Å²) in [6.07, 6.45) is 5.11. The number of alkyl carbamates (subject to hydrolysis) is 1. The third-order valence-electron chi connectivity index (χ3n) is 4.09. The van der Waals surface area contributed by atoms with Gasteiger partial charge in [-0.1, -0.05) is 12.8 Å². The Bertz CT molecular complexity index is 340. The van der Waals surface area contributed by atoms with Gasteiger partial charge in [-0.2, -0.15) is 5.26 Å². The Hall–Kier alpha value is -1.28. The topological polar surface area (TPSA) is 65.4 Å². The molecule has 1 saturated heterocycles. The minimum absolute atomic E-state index is 0.163. The van der Waals surface area contributed by atoms with Crippen LogP contribution in [0.2, 0.25) is 0 Å². The van der Waals surface area contributed by atoms with Crippen molar-refractivity contribution in [3.05, 3.63) is 0 Å². The highest BCUT2D eigenvalue weighted by Crippen LogP contribution is 2.30. The molecule has 2 aliphatic rings. The van der Waals surface area contributed by atoms with Crippen molar-refractivity contribution in [3.8, 4) is 6.07 Å². The highest BCUT2D eigenvalue weighted by Gasteiger charge is 2.35. The second-order valence-electron chi connectivity index (χ2n) is 5.20. The van der Waals surface area contributed by atoms with E-state index in [0.29, 0.717) is 6.04 Å². The molecule has 1 saturated carbocycles. The maximum absolute atomic E-state index is 11.2. The first-order valence-electron chi connectivity index (χ1n) is 6.72. The van der Waals surface area contributed by atoms with Gasteiger partial charge in [-0.15, -0.1) is 0 Å². The van der Waals surface area contributed by atoms with Crippen LogP contribution in [0.5, 0.6) is 0 Å². The first-order chi connectivity index (χ1) is 8.74. The van der Waals surface area contributed by atoms with Crippen LogP contribution < -0.4 is 5.32 Å². The first kappa shape index (κ1) is 13.2. The Morgan fingerprint density at radius 2 is 2.17 bits per heavy atom. The lowest BCUT2D eigenvalue weighted by Gasteiger charge is -2.34. The molecular formula is C13H21N3O2. The van der Waals surface area contributed by atoms with Gasteiger partial charge in [-0.25, -0.2) is 4.79 Å². The van der Waals surface area contributed by atoms with Crippen LogP contribution in [0.4, 0.5) is 4.79 Å². The van der Waals surface area contributed by atoms with E-state index in [4.69, 9.17) is 0 Å². The summed E-state index contributed by atoms with van der Waals surface area (Å²) in [6.45, 7) is 1.81. The number of amides is 1. The number of nitrogens with one attached hydrogen (secondary N) is 1. The Balaban J connectivity index is 1.87. The zero-order valence-electron chi connectivity index (χ0n) is 10.9. The van der Waals surface area contributed by atoms with Crippen LogP contribution in [0.1, 0.15) is 32.1 Å². The summed E-state index contributed by atoms with van der Waals surface area (Å²) in [6, 6.07) is 2.99. The normalized spacial score (nSPS) is 32.8. The van der Waals surface area contributed by atoms with Crippen molar-refractivity contribution in [2.45, 2.75) is 44.2 Å². The molecule has 1 aliphatic heterocycles. The number of methoxy groups -OCH3 is 1. The van der Waals surface area contributed by atoms with Crippen LogP contribution in [0.3, 0.4) is 0 Å². The van der Waals surface area contributed by atoms with E-state index in [1.807, 2.05) is 0 Å². The average molecular weight is 251 g/mol. The fourth-order valence-electron chi connectivity index (χ4n) is 3.13. The number of ether oxygens (including phenoxy) is 1. The van der Waals surface area contributed by atoms with Gasteiger partial charge in [-0.05, 0) is 19.3 Å². The van der Waals surface area contributed by atoms with E-state index < -0.39 is 0 Å². The summed E-state index contributed by atoms with van der Waals surface area (Å²) in [5.41, 5.74) is 0. The van der Waals surface area contributed by atoms with E-state index in [9.17, 15) is 10.1 Å². The number of hydrogen-bond acceptors (Lipinski definition) is 4. The fourth-order valence-corrected chi connectivity index (χ4v) is 3.13. The number of carbonyl (C=O) groups is 1. The predicted octanol–water partition coefficient (Wildman–Crippen LogP) is 1.50. The Kier molecular flexibility index (Phi) is 4.43. The van der Waals surface area contributed by atoms with Crippen molar-refractivity contribution in [2.24, 2.45) is 5.92 Å². The van der Waals surface area contributed by atoms with E-state index in [-0.39, 0.29) is 18.1 Å². The summed E-state index contributed by atoms with van der Waals surface area (Å²) in [5.74, 6) is 0.163. The lowest BCUT2D eigenvalue weighted by Crippen LogP contribution is -2.43. The van der Waals surface area contributed by atoms with Crippen LogP contribution in [-0.4, -0.2) is 43.3 Å². The molecule has 2 fully saturated rings. The van der Waals surface area contributed by atoms with E-state index >= 15 is 0 Å². The van der Waals surface area contributed by atoms with Crippen molar-refractivity contribution in [1.82, 2.24) is 10.2 Å². The maximum atomic E-state index is 11.2. The molecule has 2 rings (SSSR count). The molecular weight excluding hydrogens is 230 g/mol. The number of nitriles is 1. The van der Waals surface area contributed by atoms with E-state index in [1.54, 1.807) is 0 Å². The molecule has 1 N–H and O–H groups in total. The largest absolute Gasteiger partial charge is 0.453 e. The third kappa shape index (κ3) is 2.94. The van der Waals surface area contributed by atoms with Crippen molar-refractivity contribution in [3.63, 3.8) is 0 Å². The van der Waals surface area contributed by atoms with Gasteiger partial charge in [0.05, 0.1) is 19.1 Å². The second-order valence-corrected chi connectivity index (χ2v) is 5.20. The molecule has 1 aliphatic carbocycles. The third-order valence-corrected chi connectivity index (χ3v) is 4.09. The summed E-state index contributed by atoms with van der Waals surface area (Å²) in [5, 5.41) is 12.0. The minimum atomic E-state index is -0.359. The maximum Gasteiger partial charge on any atom is 0.407 e. The first-order valence-corrected chi connectivity index (χ1v) is 6.72. The fraction of sp³-hybridized carbons (Fsp3) is 0.846. The average Bonchev–Trinajstić information content (AvgIpc) is 2.86. The molecule has 5 heteroatoms. The van der Waals surface area contributed by atoms with Gasteiger partial charge in [0, 0.05) is 25.2 Å². The number of hydrogen-bond donors (Lipinski definition) is 1. The van der Waals surface area contributed by atoms with E-state index in [2.05, 4.69) is 21.0 Å². The molecule has 0 bridgehead atoms. The monoisotopic (exact) mass is 251 g/mol. The van der Waals surface area contributed by atoms with Crippen LogP contribution in [0, 0.1) is 17.2 Å². The molecule has 3 unspecified atom stereocenters. The van der Waals surface area contributed by atoms with Crippen molar-refractivity contribution >= 4 is 6.09 Å². The van der Waals surface area contributed by atoms with Crippen LogP contribution >= 0.6 is 0 Å². The van der Waals surface area contributed by atoms with Crippen LogP contribution in [-0.2, 0) is 4.74 Å². The molecule has 5 nitrogen and oxygen atoms in total. The molecule has 1 amide bonds. The van der Waals surface area contributed by atoms with Crippen molar-refractivity contribution in [1.29, 1.82) is 5.26 Å². The molecule has 18 heavy (non-hydrogen) atoms. The standard InChI is InChI=1S/C13H21N3O2/c1-18-13(17)15-11-6-7-16(9-11)12-5-3-2-4-10(12)8-14/h10-12H,2-7,9H2,1H3,(H,15,17).